The Kier molecular flexibility index (Phi) is 4.43. The molecule has 2 aromatic rings. The molecular formula is C16H23NO. The first kappa shape index (κ1) is 13.2. The van der Waals surface area contributed by atoms with Gasteiger partial charge < -0.3 is 9.30 Å². The molecule has 1 heterocycles. The monoisotopic (exact) mass is 245 g/mol. The Labute approximate surface area is 110 Å². The van der Waals surface area contributed by atoms with Crippen molar-refractivity contribution in [3.63, 3.8) is 0 Å². The number of ether oxygens (including phenoxy) is 1. The fraction of sp³-hybridized carbons (Fsp3) is 0.500. The summed E-state index contributed by atoms with van der Waals surface area (Å²) in [7, 11) is 1.76. The Bertz CT molecular complexity index is 513. The van der Waals surface area contributed by atoms with Crippen molar-refractivity contribution >= 4 is 10.9 Å². The van der Waals surface area contributed by atoms with Crippen LogP contribution in [0, 0.1) is 6.92 Å². The third kappa shape index (κ3) is 2.59. The van der Waals surface area contributed by atoms with Crippen LogP contribution in [0.3, 0.4) is 0 Å². The lowest BCUT2D eigenvalue weighted by Crippen LogP contribution is -1.99. The van der Waals surface area contributed by atoms with Gasteiger partial charge in [0, 0.05) is 37.4 Å². The molecular weight excluding hydrogens is 222 g/mol. The number of hydrogen-bond acceptors (Lipinski definition) is 1. The zero-order valence-electron chi connectivity index (χ0n) is 11.7. The first-order chi connectivity index (χ1) is 8.77. The van der Waals surface area contributed by atoms with E-state index in [2.05, 4.69) is 42.8 Å². The molecule has 2 nitrogen and oxygen atoms in total. The molecule has 0 atom stereocenters. The van der Waals surface area contributed by atoms with E-state index in [9.17, 15) is 0 Å². The lowest BCUT2D eigenvalue weighted by Gasteiger charge is -2.05. The molecule has 0 aliphatic rings. The van der Waals surface area contributed by atoms with Crippen LogP contribution in [-0.4, -0.2) is 18.3 Å². The minimum atomic E-state index is 0.828. The van der Waals surface area contributed by atoms with E-state index in [1.165, 1.54) is 34.9 Å². The maximum atomic E-state index is 5.14. The van der Waals surface area contributed by atoms with Gasteiger partial charge in [-0.2, -0.15) is 0 Å². The number of hydrogen-bond donors (Lipinski definition) is 0. The first-order valence-corrected chi connectivity index (χ1v) is 6.84. The summed E-state index contributed by atoms with van der Waals surface area (Å²) in [5.74, 6) is 0. The third-order valence-corrected chi connectivity index (χ3v) is 3.46. The minimum absolute atomic E-state index is 0.828. The normalized spacial score (nSPS) is 11.3. The number of fused-ring (bicyclic) bond motifs is 1. The van der Waals surface area contributed by atoms with E-state index >= 15 is 0 Å². The third-order valence-electron chi connectivity index (χ3n) is 3.46. The second-order valence-electron chi connectivity index (χ2n) is 4.91. The second-order valence-corrected chi connectivity index (χ2v) is 4.91. The molecule has 0 fully saturated rings. The van der Waals surface area contributed by atoms with Crippen LogP contribution in [0.5, 0.6) is 0 Å². The number of methoxy groups -OCH3 is 1. The average Bonchev–Trinajstić information content (AvgIpc) is 2.70. The van der Waals surface area contributed by atoms with Crippen molar-refractivity contribution in [1.82, 2.24) is 4.57 Å². The Hall–Kier alpha value is -1.28. The molecule has 0 bridgehead atoms. The predicted molar refractivity (Wildman–Crippen MR) is 77.2 cm³/mol. The van der Waals surface area contributed by atoms with Crippen molar-refractivity contribution in [3.8, 4) is 0 Å². The SMILES string of the molecule is CCCc1cn(CCCOC)c2cccc(C)c12. The largest absolute Gasteiger partial charge is 0.385 e. The van der Waals surface area contributed by atoms with E-state index in [1.54, 1.807) is 7.11 Å². The van der Waals surface area contributed by atoms with Crippen molar-refractivity contribution in [1.29, 1.82) is 0 Å². The van der Waals surface area contributed by atoms with Gasteiger partial charge in [0.05, 0.1) is 0 Å². The van der Waals surface area contributed by atoms with Crippen molar-refractivity contribution in [2.24, 2.45) is 0 Å². The van der Waals surface area contributed by atoms with Crippen LogP contribution in [0.1, 0.15) is 30.9 Å². The molecule has 2 rings (SSSR count). The van der Waals surface area contributed by atoms with Crippen LogP contribution in [0.4, 0.5) is 0 Å². The van der Waals surface area contributed by atoms with Gasteiger partial charge >= 0.3 is 0 Å². The highest BCUT2D eigenvalue weighted by Gasteiger charge is 2.09. The molecule has 18 heavy (non-hydrogen) atoms. The molecule has 98 valence electrons. The van der Waals surface area contributed by atoms with Gasteiger partial charge in [0.15, 0.2) is 0 Å². The van der Waals surface area contributed by atoms with E-state index in [0.717, 1.165) is 19.6 Å². The highest BCUT2D eigenvalue weighted by atomic mass is 16.5. The molecule has 1 aromatic heterocycles. The van der Waals surface area contributed by atoms with Gasteiger partial charge in [-0.05, 0) is 37.0 Å². The molecule has 0 spiro atoms. The van der Waals surface area contributed by atoms with Gasteiger partial charge in [-0.15, -0.1) is 0 Å². The Morgan fingerprint density at radius 2 is 2.11 bits per heavy atom. The lowest BCUT2D eigenvalue weighted by atomic mass is 10.0. The van der Waals surface area contributed by atoms with E-state index in [-0.39, 0.29) is 0 Å². The number of nitrogens with zero attached hydrogens (tertiary/aromatic N) is 1. The van der Waals surface area contributed by atoms with Gasteiger partial charge in [0.25, 0.3) is 0 Å². The van der Waals surface area contributed by atoms with Crippen molar-refractivity contribution in [2.75, 3.05) is 13.7 Å². The van der Waals surface area contributed by atoms with Crippen LogP contribution in [-0.2, 0) is 17.7 Å². The molecule has 0 unspecified atom stereocenters. The molecule has 0 saturated carbocycles. The highest BCUT2D eigenvalue weighted by molar-refractivity contribution is 5.87. The van der Waals surface area contributed by atoms with Crippen LogP contribution in [0.25, 0.3) is 10.9 Å². The molecule has 0 N–H and O–H groups in total. The topological polar surface area (TPSA) is 14.2 Å². The quantitative estimate of drug-likeness (QED) is 0.703. The summed E-state index contributed by atoms with van der Waals surface area (Å²) < 4.78 is 7.52. The zero-order chi connectivity index (χ0) is 13.0. The van der Waals surface area contributed by atoms with Crippen molar-refractivity contribution in [3.05, 3.63) is 35.5 Å². The van der Waals surface area contributed by atoms with Gasteiger partial charge in [0.2, 0.25) is 0 Å². The van der Waals surface area contributed by atoms with E-state index in [0.29, 0.717) is 0 Å². The van der Waals surface area contributed by atoms with Gasteiger partial charge in [-0.3, -0.25) is 0 Å². The molecule has 0 amide bonds. The Balaban J connectivity index is 2.38. The van der Waals surface area contributed by atoms with Crippen molar-refractivity contribution < 1.29 is 4.74 Å². The lowest BCUT2D eigenvalue weighted by molar-refractivity contribution is 0.190. The summed E-state index contributed by atoms with van der Waals surface area (Å²) in [4.78, 5) is 0. The van der Waals surface area contributed by atoms with Crippen LogP contribution in [0.15, 0.2) is 24.4 Å². The van der Waals surface area contributed by atoms with Crippen LogP contribution in [0.2, 0.25) is 0 Å². The number of rotatable bonds is 6. The van der Waals surface area contributed by atoms with E-state index < -0.39 is 0 Å². The summed E-state index contributed by atoms with van der Waals surface area (Å²) in [6, 6.07) is 6.59. The number of aromatic nitrogens is 1. The molecule has 0 aliphatic heterocycles. The van der Waals surface area contributed by atoms with E-state index in [4.69, 9.17) is 4.74 Å². The van der Waals surface area contributed by atoms with Gasteiger partial charge in [-0.25, -0.2) is 0 Å². The molecule has 0 radical (unpaired) electrons. The second kappa shape index (κ2) is 6.05. The molecule has 1 aromatic carbocycles. The summed E-state index contributed by atoms with van der Waals surface area (Å²) in [5, 5.41) is 1.46. The smallest absolute Gasteiger partial charge is 0.0485 e. The van der Waals surface area contributed by atoms with Crippen molar-refractivity contribution in [2.45, 2.75) is 39.7 Å². The first-order valence-electron chi connectivity index (χ1n) is 6.84. The summed E-state index contributed by atoms with van der Waals surface area (Å²) in [6.07, 6.45) is 5.76. The standard InChI is InChI=1S/C16H23NO/c1-4-7-14-12-17(10-6-11-18-3)15-9-5-8-13(2)16(14)15/h5,8-9,12H,4,6-7,10-11H2,1-3H3. The maximum Gasteiger partial charge on any atom is 0.0485 e. The van der Waals surface area contributed by atoms with E-state index in [1.807, 2.05) is 0 Å². The summed E-state index contributed by atoms with van der Waals surface area (Å²) >= 11 is 0. The maximum absolute atomic E-state index is 5.14. The highest BCUT2D eigenvalue weighted by Crippen LogP contribution is 2.26. The van der Waals surface area contributed by atoms with Gasteiger partial charge in [-0.1, -0.05) is 25.5 Å². The molecule has 2 heteroatoms. The number of benzene rings is 1. The Morgan fingerprint density at radius 1 is 1.28 bits per heavy atom. The van der Waals surface area contributed by atoms with Crippen LogP contribution < -0.4 is 0 Å². The molecule has 0 saturated heterocycles. The Morgan fingerprint density at radius 3 is 2.83 bits per heavy atom. The minimum Gasteiger partial charge on any atom is -0.385 e. The molecule has 0 aliphatic carbocycles. The van der Waals surface area contributed by atoms with Gasteiger partial charge in [0.1, 0.15) is 0 Å². The fourth-order valence-electron chi connectivity index (χ4n) is 2.65. The van der Waals surface area contributed by atoms with Crippen LogP contribution >= 0.6 is 0 Å². The summed E-state index contributed by atoms with van der Waals surface area (Å²) in [6.45, 7) is 6.32. The fourth-order valence-corrected chi connectivity index (χ4v) is 2.65. The number of aryl methyl sites for hydroxylation is 3. The summed E-state index contributed by atoms with van der Waals surface area (Å²) in [5.41, 5.74) is 4.25. The predicted octanol–water partition coefficient (Wildman–Crippen LogP) is 3.94. The zero-order valence-corrected chi connectivity index (χ0v) is 11.7. The average molecular weight is 245 g/mol.